The highest BCUT2D eigenvalue weighted by atomic mass is 32.2. The molecule has 14 atom stereocenters. The predicted molar refractivity (Wildman–Crippen MR) is 238 cm³/mol. The highest BCUT2D eigenvalue weighted by Crippen LogP contribution is 2.41. The minimum atomic E-state index is -1.22. The molecule has 3 fully saturated rings. The Labute approximate surface area is 372 Å². The molecule has 0 radical (unpaired) electrons. The fourth-order valence-corrected chi connectivity index (χ4v) is 9.61. The van der Waals surface area contributed by atoms with Gasteiger partial charge in [0.25, 0.3) is 0 Å². The molecular weight excluding hydrogens is 822 g/mol. The summed E-state index contributed by atoms with van der Waals surface area (Å²) in [6.45, 7) is 16.8. The zero-order valence-corrected chi connectivity index (χ0v) is 39.6. The maximum Gasteiger partial charge on any atom is 0.410 e. The number of nitrogens with one attached hydrogen (secondary N) is 1. The largest absolute Gasteiger partial charge is 0.458 e. The number of unbranched alkanes of at least 4 members (excludes halogenated alkanes) is 1. The predicted octanol–water partition coefficient (Wildman–Crippen LogP) is 5.31. The van der Waals surface area contributed by atoms with E-state index in [-0.39, 0.29) is 36.3 Å². The third-order valence-electron chi connectivity index (χ3n) is 13.0. The molecule has 4 unspecified atom stereocenters. The Morgan fingerprint density at radius 3 is 2.40 bits per heavy atom. The van der Waals surface area contributed by atoms with Crippen molar-refractivity contribution in [2.24, 2.45) is 17.8 Å². The lowest BCUT2D eigenvalue weighted by atomic mass is 9.77. The number of esters is 1. The van der Waals surface area contributed by atoms with Gasteiger partial charge in [-0.2, -0.15) is 3.89 Å². The number of anilines is 1. The van der Waals surface area contributed by atoms with Crippen molar-refractivity contribution in [1.29, 1.82) is 0 Å². The molecule has 1 amide bonds. The Morgan fingerprint density at radius 1 is 1.10 bits per heavy atom. The first-order valence-corrected chi connectivity index (χ1v) is 23.1. The lowest BCUT2D eigenvalue weighted by molar-refractivity contribution is -0.301. The summed E-state index contributed by atoms with van der Waals surface area (Å²) in [5, 5.41) is 35.8. The zero-order chi connectivity index (χ0) is 46.1. The Bertz CT molecular complexity index is 1730. The number of amides is 1. The molecule has 0 saturated carbocycles. The average Bonchev–Trinajstić information content (AvgIpc) is 3.80. The number of aliphatic hydroxyl groups excluding tert-OH is 2. The smallest absolute Gasteiger partial charge is 0.410 e. The minimum Gasteiger partial charge on any atom is -0.458 e. The van der Waals surface area contributed by atoms with E-state index in [1.54, 1.807) is 23.6 Å². The fraction of sp³-hybridized carbons (Fsp3) is 0.773. The van der Waals surface area contributed by atoms with Crippen LogP contribution in [0.5, 0.6) is 0 Å². The van der Waals surface area contributed by atoms with Crippen LogP contribution < -0.4 is 11.1 Å². The number of hydrogen-bond donors (Lipinski definition) is 4. The van der Waals surface area contributed by atoms with Crippen molar-refractivity contribution in [3.05, 3.63) is 30.5 Å². The SMILES string of the molecule is CC[C@H]1OC(=O)[C@H](C)C(O)[C@H](C)[C@@H](O[C@@H]2OC(C)CC(N(C)C)C2O)[C@](C)(OC)C[C@@H](C)CN[C@H](C)[C@H]2N(CCCCn3cc(-c4cccc(N)c4)nn3)C(=O)O[C@]12C.CSF. The van der Waals surface area contributed by atoms with E-state index in [1.807, 2.05) is 91.0 Å². The summed E-state index contributed by atoms with van der Waals surface area (Å²) in [7, 11) is 5.45. The van der Waals surface area contributed by atoms with E-state index in [9.17, 15) is 23.7 Å². The Hall–Kier alpha value is -3.10. The van der Waals surface area contributed by atoms with Crippen LogP contribution in [0.2, 0.25) is 0 Å². The molecule has 16 nitrogen and oxygen atoms in total. The second kappa shape index (κ2) is 22.7. The summed E-state index contributed by atoms with van der Waals surface area (Å²) >= 11 is 0.250. The molecular formula is C44H74FN7O9S. The number of methoxy groups -OCH3 is 1. The van der Waals surface area contributed by atoms with Gasteiger partial charge in [0.05, 0.1) is 42.1 Å². The maximum absolute atomic E-state index is 14.1. The fourth-order valence-electron chi connectivity index (χ4n) is 9.61. The van der Waals surface area contributed by atoms with Gasteiger partial charge in [0.1, 0.15) is 17.9 Å². The molecule has 3 aliphatic rings. The molecule has 62 heavy (non-hydrogen) atoms. The Balaban J connectivity index is 0.00000273. The first-order valence-electron chi connectivity index (χ1n) is 22.0. The number of carbonyl (C=O) groups is 2. The highest BCUT2D eigenvalue weighted by Gasteiger charge is 2.58. The Morgan fingerprint density at radius 2 is 1.77 bits per heavy atom. The van der Waals surface area contributed by atoms with E-state index < -0.39 is 71.8 Å². The molecule has 3 saturated heterocycles. The second-order valence-electron chi connectivity index (χ2n) is 18.2. The number of aliphatic hydroxyl groups is 2. The van der Waals surface area contributed by atoms with E-state index in [4.69, 9.17) is 29.4 Å². The summed E-state index contributed by atoms with van der Waals surface area (Å²) < 4.78 is 43.7. The van der Waals surface area contributed by atoms with E-state index in [0.29, 0.717) is 51.0 Å². The van der Waals surface area contributed by atoms with Gasteiger partial charge in [-0.05, 0) is 105 Å². The molecule has 1 aromatic heterocycles. The summed E-state index contributed by atoms with van der Waals surface area (Å²) in [4.78, 5) is 31.6. The normalized spacial score (nSPS) is 36.2. The molecule has 2 aromatic rings. The van der Waals surface area contributed by atoms with E-state index >= 15 is 0 Å². The van der Waals surface area contributed by atoms with Crippen molar-refractivity contribution in [1.82, 2.24) is 30.1 Å². The van der Waals surface area contributed by atoms with E-state index in [1.165, 1.54) is 6.26 Å². The first kappa shape index (κ1) is 51.5. The molecule has 1 aromatic carbocycles. The number of cyclic esters (lactones) is 1. The molecule has 0 spiro atoms. The standard InChI is InChI=1S/C43H71N7O9.CH3FS/c1-12-34-43(8)37(50(41(54)59-43)19-14-13-18-49-24-32(46-47-49)30-16-15-17-31(44)21-30)29(6)45-23-25(2)22-42(7,55-11)38(27(4)35(51)28(5)39(53)57-34)58-40-36(52)33(48(9)10)20-26(3)56-40;1-3-2/h15-17,21,24-29,33-38,40,45,51-52H,12-14,18-20,22-23,44H2,1-11H3;1H3/t25-,26?,27+,28-,29-,33?,34-,35?,36?,37-,38-,40+,42-,43-;/m1./s1. The van der Waals surface area contributed by atoms with Gasteiger partial charge >= 0.3 is 12.1 Å². The van der Waals surface area contributed by atoms with Crippen molar-refractivity contribution in [3.8, 4) is 11.3 Å². The van der Waals surface area contributed by atoms with E-state index in [2.05, 4.69) is 22.6 Å². The number of likely N-dealkylation sites (N-methyl/N-ethyl adjacent to an activating group) is 1. The van der Waals surface area contributed by atoms with Gasteiger partial charge in [0.2, 0.25) is 0 Å². The number of nitrogens with zero attached hydrogens (tertiary/aromatic N) is 5. The number of rotatable bonds is 11. The molecule has 5 N–H and O–H groups in total. The third-order valence-corrected chi connectivity index (χ3v) is 13.0. The number of benzene rings is 1. The molecule has 3 aliphatic heterocycles. The van der Waals surface area contributed by atoms with Crippen LogP contribution >= 0.6 is 12.1 Å². The van der Waals surface area contributed by atoms with Crippen LogP contribution in [0.1, 0.15) is 87.5 Å². The van der Waals surface area contributed by atoms with E-state index in [0.717, 1.165) is 17.7 Å². The van der Waals surface area contributed by atoms with Crippen molar-refractivity contribution in [3.63, 3.8) is 0 Å². The van der Waals surface area contributed by atoms with Crippen LogP contribution in [0.3, 0.4) is 0 Å². The van der Waals surface area contributed by atoms with Gasteiger partial charge in [-0.3, -0.25) is 14.4 Å². The quantitative estimate of drug-likeness (QED) is 0.129. The number of nitrogens with two attached hydrogens (primary N) is 1. The number of nitrogen functional groups attached to an aromatic ring is 1. The molecule has 4 heterocycles. The topological polar surface area (TPSA) is 196 Å². The summed E-state index contributed by atoms with van der Waals surface area (Å²) in [5.41, 5.74) is 6.06. The second-order valence-corrected chi connectivity index (χ2v) is 18.5. The summed E-state index contributed by atoms with van der Waals surface area (Å²) in [6.07, 6.45) is 0.712. The van der Waals surface area contributed by atoms with Crippen LogP contribution in [0.4, 0.5) is 14.4 Å². The molecule has 5 rings (SSSR count). The van der Waals surface area contributed by atoms with Crippen LogP contribution in [-0.4, -0.2) is 154 Å². The third kappa shape index (κ3) is 12.2. The zero-order valence-electron chi connectivity index (χ0n) is 38.8. The summed E-state index contributed by atoms with van der Waals surface area (Å²) in [6, 6.07) is 6.53. The molecule has 0 bridgehead atoms. The van der Waals surface area contributed by atoms with Crippen LogP contribution in [0, 0.1) is 17.8 Å². The maximum atomic E-state index is 14.1. The minimum absolute atomic E-state index is 0.0171. The number of carbonyl (C=O) groups excluding carboxylic acids is 2. The van der Waals surface area contributed by atoms with Gasteiger partial charge in [-0.15, -0.1) is 5.10 Å². The number of hydrogen-bond acceptors (Lipinski definition) is 15. The van der Waals surface area contributed by atoms with Crippen LogP contribution in [0.25, 0.3) is 11.3 Å². The monoisotopic (exact) mass is 896 g/mol. The lowest BCUT2D eigenvalue weighted by Crippen LogP contribution is -2.61. The van der Waals surface area contributed by atoms with Gasteiger partial charge in [0.15, 0.2) is 11.9 Å². The lowest BCUT2D eigenvalue weighted by Gasteiger charge is -2.47. The number of aryl methyl sites for hydroxylation is 1. The average molecular weight is 896 g/mol. The Kier molecular flexibility index (Phi) is 18.9. The van der Waals surface area contributed by atoms with Gasteiger partial charge in [-0.25, -0.2) is 4.79 Å². The summed E-state index contributed by atoms with van der Waals surface area (Å²) in [5.74, 6) is -2.25. The van der Waals surface area contributed by atoms with Crippen LogP contribution in [0.15, 0.2) is 30.5 Å². The van der Waals surface area contributed by atoms with Gasteiger partial charge in [0, 0.05) is 67.9 Å². The number of fused-ring (bicyclic) bond motifs is 1. The van der Waals surface area contributed by atoms with Crippen LogP contribution in [-0.2, 0) is 35.0 Å². The van der Waals surface area contributed by atoms with Crippen molar-refractivity contribution < 1.29 is 47.4 Å². The molecule has 0 aliphatic carbocycles. The highest BCUT2D eigenvalue weighted by molar-refractivity contribution is 7.93. The molecule has 352 valence electrons. The number of halogens is 1. The van der Waals surface area contributed by atoms with Gasteiger partial charge < -0.3 is 49.8 Å². The molecule has 18 heteroatoms. The van der Waals surface area contributed by atoms with Gasteiger partial charge in [-0.1, -0.05) is 38.1 Å². The van der Waals surface area contributed by atoms with Crippen molar-refractivity contribution in [2.45, 2.75) is 160 Å². The number of ether oxygens (including phenoxy) is 5. The van der Waals surface area contributed by atoms with Crippen molar-refractivity contribution >= 4 is 29.9 Å². The number of aromatic nitrogens is 3. The van der Waals surface area contributed by atoms with Crippen molar-refractivity contribution in [2.75, 3.05) is 46.3 Å². The first-order chi connectivity index (χ1) is 29.2.